The van der Waals surface area contributed by atoms with E-state index in [2.05, 4.69) is 38.7 Å². The van der Waals surface area contributed by atoms with E-state index in [0.717, 1.165) is 25.4 Å². The van der Waals surface area contributed by atoms with Crippen molar-refractivity contribution in [1.29, 1.82) is 5.26 Å². The highest BCUT2D eigenvalue weighted by Crippen LogP contribution is 2.37. The summed E-state index contributed by atoms with van der Waals surface area (Å²) >= 11 is 0. The summed E-state index contributed by atoms with van der Waals surface area (Å²) in [5, 5.41) is 9.12. The van der Waals surface area contributed by atoms with E-state index in [4.69, 9.17) is 5.26 Å². The smallest absolute Gasteiger partial charge is 0.106 e. The van der Waals surface area contributed by atoms with Gasteiger partial charge in [-0.05, 0) is 24.7 Å². The van der Waals surface area contributed by atoms with Crippen molar-refractivity contribution in [2.75, 3.05) is 13.1 Å². The minimum atomic E-state index is -0.234. The van der Waals surface area contributed by atoms with Crippen LogP contribution in [-0.2, 0) is 0 Å². The van der Waals surface area contributed by atoms with Crippen LogP contribution in [0.3, 0.4) is 0 Å². The van der Waals surface area contributed by atoms with Crippen LogP contribution in [0.25, 0.3) is 0 Å². The molecule has 2 heteroatoms. The van der Waals surface area contributed by atoms with Gasteiger partial charge in [0.1, 0.15) is 5.54 Å². The topological polar surface area (TPSA) is 27.0 Å². The second-order valence-corrected chi connectivity index (χ2v) is 5.71. The summed E-state index contributed by atoms with van der Waals surface area (Å²) in [6.45, 7) is 13.2. The SMILES string of the molecule is CCC(C)(C#N)N1CC(C(C)(C)C)C1. The Labute approximate surface area is 87.9 Å². The van der Waals surface area contributed by atoms with Crippen LogP contribution in [0, 0.1) is 22.7 Å². The van der Waals surface area contributed by atoms with Gasteiger partial charge in [-0.15, -0.1) is 0 Å². The van der Waals surface area contributed by atoms with Gasteiger partial charge in [0.2, 0.25) is 0 Å². The first-order chi connectivity index (χ1) is 6.33. The van der Waals surface area contributed by atoms with E-state index >= 15 is 0 Å². The lowest BCUT2D eigenvalue weighted by Gasteiger charge is -2.51. The number of nitrogens with zero attached hydrogens (tertiary/aromatic N) is 2. The lowest BCUT2D eigenvalue weighted by atomic mass is 9.74. The molecule has 0 amide bonds. The molecule has 80 valence electrons. The van der Waals surface area contributed by atoms with E-state index in [1.165, 1.54) is 0 Å². The van der Waals surface area contributed by atoms with Crippen molar-refractivity contribution in [2.24, 2.45) is 11.3 Å². The molecule has 1 unspecified atom stereocenters. The molecule has 0 aliphatic carbocycles. The zero-order valence-electron chi connectivity index (χ0n) is 10.1. The Hall–Kier alpha value is -0.550. The van der Waals surface area contributed by atoms with E-state index in [9.17, 15) is 0 Å². The van der Waals surface area contributed by atoms with E-state index in [-0.39, 0.29) is 5.54 Å². The van der Waals surface area contributed by atoms with Crippen LogP contribution in [0.2, 0.25) is 0 Å². The molecule has 1 atom stereocenters. The second-order valence-electron chi connectivity index (χ2n) is 5.71. The molecule has 1 fully saturated rings. The van der Waals surface area contributed by atoms with Crippen LogP contribution in [-0.4, -0.2) is 23.5 Å². The Kier molecular flexibility index (Phi) is 2.92. The highest BCUT2D eigenvalue weighted by Gasteiger charge is 2.43. The molecule has 1 heterocycles. The van der Waals surface area contributed by atoms with E-state index in [0.29, 0.717) is 5.41 Å². The third-order valence-corrected chi connectivity index (χ3v) is 3.73. The summed E-state index contributed by atoms with van der Waals surface area (Å²) in [4.78, 5) is 2.31. The van der Waals surface area contributed by atoms with Gasteiger partial charge in [0.05, 0.1) is 6.07 Å². The molecule has 0 bridgehead atoms. The third kappa shape index (κ3) is 1.93. The molecule has 0 radical (unpaired) electrons. The van der Waals surface area contributed by atoms with Crippen molar-refractivity contribution >= 4 is 0 Å². The number of hydrogen-bond donors (Lipinski definition) is 0. The maximum absolute atomic E-state index is 9.12. The zero-order valence-corrected chi connectivity index (χ0v) is 10.1. The summed E-state index contributed by atoms with van der Waals surface area (Å²) < 4.78 is 0. The Morgan fingerprint density at radius 3 is 2.07 bits per heavy atom. The molecular weight excluding hydrogens is 172 g/mol. The molecule has 2 nitrogen and oxygen atoms in total. The highest BCUT2D eigenvalue weighted by molar-refractivity contribution is 5.08. The van der Waals surface area contributed by atoms with E-state index < -0.39 is 0 Å². The molecule has 14 heavy (non-hydrogen) atoms. The molecule has 1 saturated heterocycles. The molecule has 0 aromatic heterocycles. The Bertz CT molecular complexity index is 240. The first-order valence-corrected chi connectivity index (χ1v) is 5.50. The van der Waals surface area contributed by atoms with Crippen molar-refractivity contribution < 1.29 is 0 Å². The number of nitriles is 1. The van der Waals surface area contributed by atoms with Crippen molar-refractivity contribution in [2.45, 2.75) is 46.6 Å². The van der Waals surface area contributed by atoms with Gasteiger partial charge in [0, 0.05) is 13.1 Å². The van der Waals surface area contributed by atoms with Crippen LogP contribution >= 0.6 is 0 Å². The van der Waals surface area contributed by atoms with Crippen LogP contribution in [0.4, 0.5) is 0 Å². The summed E-state index contributed by atoms with van der Waals surface area (Å²) in [5.74, 6) is 0.752. The van der Waals surface area contributed by atoms with Crippen molar-refractivity contribution in [3.63, 3.8) is 0 Å². The second kappa shape index (κ2) is 3.55. The standard InChI is InChI=1S/C12H22N2/c1-6-12(5,9-13)14-7-10(8-14)11(2,3)4/h10H,6-8H2,1-5H3. The molecule has 1 aliphatic rings. The predicted molar refractivity (Wildman–Crippen MR) is 58.8 cm³/mol. The number of rotatable bonds is 2. The monoisotopic (exact) mass is 194 g/mol. The maximum atomic E-state index is 9.12. The first kappa shape index (κ1) is 11.5. The lowest BCUT2D eigenvalue weighted by molar-refractivity contribution is -0.0284. The minimum absolute atomic E-state index is 0.234. The molecule has 0 aromatic rings. The van der Waals surface area contributed by atoms with Gasteiger partial charge in [-0.2, -0.15) is 5.26 Å². The fourth-order valence-corrected chi connectivity index (χ4v) is 1.80. The average Bonchev–Trinajstić information content (AvgIpc) is 1.98. The third-order valence-electron chi connectivity index (χ3n) is 3.73. The maximum Gasteiger partial charge on any atom is 0.106 e. The molecule has 1 aliphatic heterocycles. The molecule has 0 saturated carbocycles. The number of likely N-dealkylation sites (tertiary alicyclic amines) is 1. The van der Waals surface area contributed by atoms with E-state index in [1.54, 1.807) is 0 Å². The van der Waals surface area contributed by atoms with E-state index in [1.807, 2.05) is 6.92 Å². The molecule has 1 rings (SSSR count). The normalized spacial score (nSPS) is 23.7. The summed E-state index contributed by atoms with van der Waals surface area (Å²) in [5.41, 5.74) is 0.155. The Morgan fingerprint density at radius 2 is 1.79 bits per heavy atom. The molecule has 0 N–H and O–H groups in total. The van der Waals surface area contributed by atoms with Gasteiger partial charge in [0.15, 0.2) is 0 Å². The fourth-order valence-electron chi connectivity index (χ4n) is 1.80. The summed E-state index contributed by atoms with van der Waals surface area (Å²) in [6.07, 6.45) is 0.917. The van der Waals surface area contributed by atoms with Crippen molar-refractivity contribution in [3.05, 3.63) is 0 Å². The minimum Gasteiger partial charge on any atom is -0.285 e. The molecular formula is C12H22N2. The van der Waals surface area contributed by atoms with Gasteiger partial charge in [-0.3, -0.25) is 4.90 Å². The molecule has 0 aromatic carbocycles. The van der Waals surface area contributed by atoms with Gasteiger partial charge in [0.25, 0.3) is 0 Å². The quantitative estimate of drug-likeness (QED) is 0.675. The Balaban J connectivity index is 2.53. The highest BCUT2D eigenvalue weighted by atomic mass is 15.2. The van der Waals surface area contributed by atoms with Crippen LogP contribution in [0.15, 0.2) is 0 Å². The Morgan fingerprint density at radius 1 is 1.29 bits per heavy atom. The van der Waals surface area contributed by atoms with Gasteiger partial charge in [-0.25, -0.2) is 0 Å². The number of hydrogen-bond acceptors (Lipinski definition) is 2. The zero-order chi connectivity index (χ0) is 11.0. The lowest BCUT2D eigenvalue weighted by Crippen LogP contribution is -2.60. The fraction of sp³-hybridized carbons (Fsp3) is 0.917. The van der Waals surface area contributed by atoms with Gasteiger partial charge in [-0.1, -0.05) is 27.7 Å². The van der Waals surface area contributed by atoms with Crippen LogP contribution in [0.1, 0.15) is 41.0 Å². The first-order valence-electron chi connectivity index (χ1n) is 5.50. The van der Waals surface area contributed by atoms with Gasteiger partial charge >= 0.3 is 0 Å². The van der Waals surface area contributed by atoms with Crippen LogP contribution < -0.4 is 0 Å². The van der Waals surface area contributed by atoms with Crippen molar-refractivity contribution in [1.82, 2.24) is 4.90 Å². The molecule has 0 spiro atoms. The summed E-state index contributed by atoms with van der Waals surface area (Å²) in [6, 6.07) is 2.43. The average molecular weight is 194 g/mol. The predicted octanol–water partition coefficient (Wildman–Crippen LogP) is 2.66. The van der Waals surface area contributed by atoms with Gasteiger partial charge < -0.3 is 0 Å². The summed E-state index contributed by atoms with van der Waals surface area (Å²) in [7, 11) is 0. The van der Waals surface area contributed by atoms with Crippen molar-refractivity contribution in [3.8, 4) is 6.07 Å². The van der Waals surface area contributed by atoms with Crippen LogP contribution in [0.5, 0.6) is 0 Å². The largest absolute Gasteiger partial charge is 0.285 e.